The molecule has 0 atom stereocenters. The standard InChI is InChI=1S/C30H37N5O3/c1-23-7-2-3-9-27(23)33-16-18-34(19-17-33)28-12-11-24(21-26(28)32-22-25-8-5-20-38-25)30(37)31-13-6-15-35-14-4-10-29(35)36/h2-3,5,7-9,11-12,20-21,32H,4,6,10,13-19,22H2,1H3,(H,31,37). The van der Waals surface area contributed by atoms with Crippen LogP contribution in [0.2, 0.25) is 0 Å². The topological polar surface area (TPSA) is 81.1 Å². The van der Waals surface area contributed by atoms with E-state index >= 15 is 0 Å². The van der Waals surface area contributed by atoms with E-state index in [9.17, 15) is 9.59 Å². The molecule has 0 unspecified atom stereocenters. The van der Waals surface area contributed by atoms with Crippen molar-refractivity contribution in [1.29, 1.82) is 0 Å². The number of carbonyl (C=O) groups excluding carboxylic acids is 2. The van der Waals surface area contributed by atoms with Crippen LogP contribution in [-0.4, -0.2) is 62.5 Å². The number of piperazine rings is 1. The average Bonchev–Trinajstić information content (AvgIpc) is 3.62. The maximum Gasteiger partial charge on any atom is 0.251 e. The molecule has 0 radical (unpaired) electrons. The van der Waals surface area contributed by atoms with Crippen molar-refractivity contribution in [3.63, 3.8) is 0 Å². The normalized spacial score (nSPS) is 15.7. The Morgan fingerprint density at radius 2 is 1.74 bits per heavy atom. The zero-order chi connectivity index (χ0) is 26.3. The Morgan fingerprint density at radius 3 is 2.45 bits per heavy atom. The number of anilines is 3. The lowest BCUT2D eigenvalue weighted by Crippen LogP contribution is -2.47. The van der Waals surface area contributed by atoms with Crippen molar-refractivity contribution < 1.29 is 14.0 Å². The van der Waals surface area contributed by atoms with Crippen LogP contribution in [0.15, 0.2) is 65.3 Å². The van der Waals surface area contributed by atoms with E-state index in [0.29, 0.717) is 31.6 Å². The SMILES string of the molecule is Cc1ccccc1N1CCN(c2ccc(C(=O)NCCCN3CCCC3=O)cc2NCc2ccco2)CC1. The smallest absolute Gasteiger partial charge is 0.251 e. The number of hydrogen-bond acceptors (Lipinski definition) is 6. The van der Waals surface area contributed by atoms with E-state index in [1.165, 1.54) is 11.3 Å². The highest BCUT2D eigenvalue weighted by Crippen LogP contribution is 2.30. The minimum Gasteiger partial charge on any atom is -0.467 e. The van der Waals surface area contributed by atoms with Crippen molar-refractivity contribution in [2.24, 2.45) is 0 Å². The molecule has 3 aromatic rings. The van der Waals surface area contributed by atoms with Gasteiger partial charge in [-0.2, -0.15) is 0 Å². The van der Waals surface area contributed by atoms with Gasteiger partial charge in [0.05, 0.1) is 24.2 Å². The van der Waals surface area contributed by atoms with Gasteiger partial charge in [-0.15, -0.1) is 0 Å². The Kier molecular flexibility index (Phi) is 8.16. The van der Waals surface area contributed by atoms with Crippen molar-refractivity contribution >= 4 is 28.9 Å². The van der Waals surface area contributed by atoms with Crippen molar-refractivity contribution in [2.45, 2.75) is 32.7 Å². The molecule has 3 heterocycles. The molecule has 38 heavy (non-hydrogen) atoms. The van der Waals surface area contributed by atoms with Crippen LogP contribution in [0.1, 0.15) is 40.9 Å². The summed E-state index contributed by atoms with van der Waals surface area (Å²) in [5, 5.41) is 6.52. The number of rotatable bonds is 10. The molecule has 0 spiro atoms. The fourth-order valence-corrected chi connectivity index (χ4v) is 5.31. The summed E-state index contributed by atoms with van der Waals surface area (Å²) in [6.45, 7) is 8.43. The lowest BCUT2D eigenvalue weighted by Gasteiger charge is -2.38. The minimum atomic E-state index is -0.102. The summed E-state index contributed by atoms with van der Waals surface area (Å²) in [4.78, 5) is 31.5. The molecule has 5 rings (SSSR count). The molecule has 0 aliphatic carbocycles. The highest BCUT2D eigenvalue weighted by atomic mass is 16.3. The van der Waals surface area contributed by atoms with Gasteiger partial charge in [-0.25, -0.2) is 0 Å². The predicted octanol–water partition coefficient (Wildman–Crippen LogP) is 4.27. The Labute approximate surface area is 224 Å². The van der Waals surface area contributed by atoms with Gasteiger partial charge in [-0.1, -0.05) is 18.2 Å². The van der Waals surface area contributed by atoms with Crippen LogP contribution < -0.4 is 20.4 Å². The third-order valence-electron chi connectivity index (χ3n) is 7.43. The number of carbonyl (C=O) groups is 2. The van der Waals surface area contributed by atoms with E-state index in [0.717, 1.165) is 62.7 Å². The second kappa shape index (κ2) is 12.1. The summed E-state index contributed by atoms with van der Waals surface area (Å²) in [7, 11) is 0. The van der Waals surface area contributed by atoms with Crippen LogP contribution in [-0.2, 0) is 11.3 Å². The van der Waals surface area contributed by atoms with Gasteiger partial charge in [0.25, 0.3) is 5.91 Å². The molecule has 2 fully saturated rings. The lowest BCUT2D eigenvalue weighted by molar-refractivity contribution is -0.127. The summed E-state index contributed by atoms with van der Waals surface area (Å²) < 4.78 is 5.52. The van der Waals surface area contributed by atoms with Gasteiger partial charge in [0.1, 0.15) is 5.76 Å². The summed E-state index contributed by atoms with van der Waals surface area (Å²) in [5.74, 6) is 0.959. The van der Waals surface area contributed by atoms with Gasteiger partial charge in [0.2, 0.25) is 5.91 Å². The first-order valence-corrected chi connectivity index (χ1v) is 13.6. The number of likely N-dealkylation sites (tertiary alicyclic amines) is 1. The quantitative estimate of drug-likeness (QED) is 0.393. The number of furan rings is 1. The largest absolute Gasteiger partial charge is 0.467 e. The van der Waals surface area contributed by atoms with Crippen LogP contribution in [0, 0.1) is 6.92 Å². The number of amides is 2. The maximum atomic E-state index is 13.0. The molecule has 2 N–H and O–H groups in total. The van der Waals surface area contributed by atoms with E-state index in [2.05, 4.69) is 51.6 Å². The minimum absolute atomic E-state index is 0.102. The van der Waals surface area contributed by atoms with E-state index < -0.39 is 0 Å². The van der Waals surface area contributed by atoms with E-state index in [4.69, 9.17) is 4.42 Å². The lowest BCUT2D eigenvalue weighted by atomic mass is 10.1. The molecule has 1 aromatic heterocycles. The van der Waals surface area contributed by atoms with Gasteiger partial charge in [-0.3, -0.25) is 9.59 Å². The first kappa shape index (κ1) is 25.7. The number of para-hydroxylation sites is 1. The average molecular weight is 516 g/mol. The molecule has 2 aliphatic heterocycles. The zero-order valence-electron chi connectivity index (χ0n) is 22.1. The maximum absolute atomic E-state index is 13.0. The first-order chi connectivity index (χ1) is 18.6. The fourth-order valence-electron chi connectivity index (χ4n) is 5.31. The van der Waals surface area contributed by atoms with Crippen molar-refractivity contribution in [3.8, 4) is 0 Å². The summed E-state index contributed by atoms with van der Waals surface area (Å²) in [5.41, 5.74) is 5.21. The number of aryl methyl sites for hydroxylation is 1. The Bertz CT molecular complexity index is 1230. The highest BCUT2D eigenvalue weighted by molar-refractivity contribution is 5.96. The molecule has 2 aromatic carbocycles. The second-order valence-electron chi connectivity index (χ2n) is 10.0. The van der Waals surface area contributed by atoms with Crippen molar-refractivity contribution in [3.05, 3.63) is 77.7 Å². The molecule has 0 saturated carbocycles. The number of benzene rings is 2. The van der Waals surface area contributed by atoms with Gasteiger partial charge < -0.3 is 29.8 Å². The van der Waals surface area contributed by atoms with E-state index in [-0.39, 0.29) is 11.8 Å². The first-order valence-electron chi connectivity index (χ1n) is 13.6. The van der Waals surface area contributed by atoms with Gasteiger partial charge in [0, 0.05) is 63.5 Å². The number of nitrogens with one attached hydrogen (secondary N) is 2. The van der Waals surface area contributed by atoms with Crippen LogP contribution in [0.25, 0.3) is 0 Å². The molecule has 200 valence electrons. The predicted molar refractivity (Wildman–Crippen MR) is 151 cm³/mol. The van der Waals surface area contributed by atoms with E-state index in [1.807, 2.05) is 35.2 Å². The molecule has 8 nitrogen and oxygen atoms in total. The number of nitrogens with zero attached hydrogens (tertiary/aromatic N) is 3. The molecule has 2 amide bonds. The summed E-state index contributed by atoms with van der Waals surface area (Å²) in [6, 6.07) is 18.2. The van der Waals surface area contributed by atoms with Crippen molar-refractivity contribution in [2.75, 3.05) is 60.9 Å². The van der Waals surface area contributed by atoms with Gasteiger partial charge >= 0.3 is 0 Å². The Morgan fingerprint density at radius 1 is 0.947 bits per heavy atom. The molecule has 0 bridgehead atoms. The summed E-state index contributed by atoms with van der Waals surface area (Å²) >= 11 is 0. The van der Waals surface area contributed by atoms with Crippen LogP contribution in [0.4, 0.5) is 17.1 Å². The van der Waals surface area contributed by atoms with Gasteiger partial charge in [0.15, 0.2) is 0 Å². The molecule has 8 heteroatoms. The molecular formula is C30H37N5O3. The number of hydrogen-bond donors (Lipinski definition) is 2. The van der Waals surface area contributed by atoms with Crippen molar-refractivity contribution in [1.82, 2.24) is 10.2 Å². The fraction of sp³-hybridized carbons (Fsp3) is 0.400. The molecule has 2 saturated heterocycles. The van der Waals surface area contributed by atoms with Crippen LogP contribution >= 0.6 is 0 Å². The third kappa shape index (κ3) is 6.13. The second-order valence-corrected chi connectivity index (χ2v) is 10.0. The third-order valence-corrected chi connectivity index (χ3v) is 7.43. The molecular weight excluding hydrogens is 478 g/mol. The van der Waals surface area contributed by atoms with E-state index in [1.54, 1.807) is 6.26 Å². The van der Waals surface area contributed by atoms with Crippen LogP contribution in [0.5, 0.6) is 0 Å². The Hall–Kier alpha value is -3.94. The monoisotopic (exact) mass is 515 g/mol. The zero-order valence-corrected chi connectivity index (χ0v) is 22.1. The molecule has 2 aliphatic rings. The van der Waals surface area contributed by atoms with Gasteiger partial charge in [-0.05, 0) is 61.7 Å². The summed E-state index contributed by atoms with van der Waals surface area (Å²) in [6.07, 6.45) is 4.01. The highest BCUT2D eigenvalue weighted by Gasteiger charge is 2.22. The Balaban J connectivity index is 1.24. The van der Waals surface area contributed by atoms with Crippen LogP contribution in [0.3, 0.4) is 0 Å².